The summed E-state index contributed by atoms with van der Waals surface area (Å²) in [6.07, 6.45) is 0. The van der Waals surface area contributed by atoms with Crippen LogP contribution in [0.1, 0.15) is 13.8 Å². The minimum atomic E-state index is 0.0155. The Morgan fingerprint density at radius 3 is 2.37 bits per heavy atom. The first kappa shape index (κ1) is 18.9. The fourth-order valence-corrected chi connectivity index (χ4v) is 3.37. The summed E-state index contributed by atoms with van der Waals surface area (Å²) in [6.45, 7) is 4.01. The van der Waals surface area contributed by atoms with Gasteiger partial charge in [-0.15, -0.1) is 5.10 Å². The van der Waals surface area contributed by atoms with Gasteiger partial charge in [0.1, 0.15) is 0 Å². The smallest absolute Gasteiger partial charge is 0.237 e. The first-order valence-electron chi connectivity index (χ1n) is 8.64. The lowest BCUT2D eigenvalue weighted by Gasteiger charge is -2.27. The van der Waals surface area contributed by atoms with Crippen molar-refractivity contribution in [3.63, 3.8) is 0 Å². The summed E-state index contributed by atoms with van der Waals surface area (Å²) in [4.78, 5) is 14.6. The number of para-hydroxylation sites is 1. The normalized spacial score (nSPS) is 10.8. The SMILES string of the molecule is CC(C)N(C(=O)CSc1nnnn1C)c1ccc(Nc2ccccc2)cc1. The third kappa shape index (κ3) is 4.85. The molecule has 0 aliphatic rings. The summed E-state index contributed by atoms with van der Waals surface area (Å²) in [5.74, 6) is 0.290. The van der Waals surface area contributed by atoms with Crippen molar-refractivity contribution in [2.45, 2.75) is 25.0 Å². The predicted molar refractivity (Wildman–Crippen MR) is 108 cm³/mol. The fraction of sp³-hybridized carbons (Fsp3) is 0.263. The van der Waals surface area contributed by atoms with Crippen molar-refractivity contribution in [1.29, 1.82) is 0 Å². The van der Waals surface area contributed by atoms with Crippen molar-refractivity contribution in [2.75, 3.05) is 16.0 Å². The number of aromatic nitrogens is 4. The molecule has 0 radical (unpaired) electrons. The van der Waals surface area contributed by atoms with Gasteiger partial charge in [0.25, 0.3) is 0 Å². The molecule has 1 aromatic heterocycles. The van der Waals surface area contributed by atoms with Crippen LogP contribution >= 0.6 is 11.8 Å². The highest BCUT2D eigenvalue weighted by atomic mass is 32.2. The standard InChI is InChI=1S/C19H22N6OS/c1-14(2)25(18(26)13-27-19-21-22-23-24(19)3)17-11-9-16(10-12-17)20-15-7-5-4-6-8-15/h4-12,14,20H,13H2,1-3H3. The Bertz CT molecular complexity index is 879. The van der Waals surface area contributed by atoms with Crippen molar-refractivity contribution >= 4 is 34.7 Å². The van der Waals surface area contributed by atoms with Crippen molar-refractivity contribution < 1.29 is 4.79 Å². The lowest BCUT2D eigenvalue weighted by atomic mass is 10.2. The van der Waals surface area contributed by atoms with Crippen molar-refractivity contribution in [3.8, 4) is 0 Å². The topological polar surface area (TPSA) is 75.9 Å². The molecule has 1 N–H and O–H groups in total. The second-order valence-corrected chi connectivity index (χ2v) is 7.21. The molecule has 0 bridgehead atoms. The molecule has 1 heterocycles. The lowest BCUT2D eigenvalue weighted by molar-refractivity contribution is -0.116. The zero-order valence-electron chi connectivity index (χ0n) is 15.5. The number of aryl methyl sites for hydroxylation is 1. The van der Waals surface area contributed by atoms with E-state index in [4.69, 9.17) is 0 Å². The largest absolute Gasteiger partial charge is 0.356 e. The molecule has 0 aliphatic carbocycles. The van der Waals surface area contributed by atoms with Gasteiger partial charge in [-0.05, 0) is 60.7 Å². The highest BCUT2D eigenvalue weighted by Gasteiger charge is 2.20. The molecule has 0 atom stereocenters. The van der Waals surface area contributed by atoms with Crippen molar-refractivity contribution in [1.82, 2.24) is 20.2 Å². The molecule has 2 aromatic carbocycles. The molecule has 0 saturated heterocycles. The molecule has 3 rings (SSSR count). The lowest BCUT2D eigenvalue weighted by Crippen LogP contribution is -2.38. The average molecular weight is 382 g/mol. The van der Waals surface area contributed by atoms with Gasteiger partial charge in [0.2, 0.25) is 11.1 Å². The van der Waals surface area contributed by atoms with Crippen LogP contribution in [0.25, 0.3) is 0 Å². The molecule has 0 aliphatic heterocycles. The van der Waals surface area contributed by atoms with Crippen molar-refractivity contribution in [2.24, 2.45) is 7.05 Å². The molecule has 0 fully saturated rings. The fourth-order valence-electron chi connectivity index (χ4n) is 2.66. The minimum Gasteiger partial charge on any atom is -0.356 e. The number of anilines is 3. The van der Waals surface area contributed by atoms with Gasteiger partial charge >= 0.3 is 0 Å². The molecule has 27 heavy (non-hydrogen) atoms. The molecular weight excluding hydrogens is 360 g/mol. The molecule has 8 heteroatoms. The first-order valence-corrected chi connectivity index (χ1v) is 9.62. The Morgan fingerprint density at radius 2 is 1.78 bits per heavy atom. The minimum absolute atomic E-state index is 0.0155. The van der Waals surface area contributed by atoms with Crippen molar-refractivity contribution in [3.05, 3.63) is 54.6 Å². The van der Waals surface area contributed by atoms with Gasteiger partial charge in [-0.1, -0.05) is 30.0 Å². The molecule has 0 unspecified atom stereocenters. The second-order valence-electron chi connectivity index (χ2n) is 6.27. The number of carbonyl (C=O) groups is 1. The Kier molecular flexibility index (Phi) is 6.08. The number of thioether (sulfide) groups is 1. The first-order chi connectivity index (χ1) is 13.0. The summed E-state index contributed by atoms with van der Waals surface area (Å²) in [5, 5.41) is 15.2. The van der Waals surface area contributed by atoms with E-state index in [2.05, 4.69) is 20.8 Å². The highest BCUT2D eigenvalue weighted by Crippen LogP contribution is 2.24. The summed E-state index contributed by atoms with van der Waals surface area (Å²) in [6, 6.07) is 17.9. The van der Waals surface area contributed by atoms with Crippen LogP contribution in [0, 0.1) is 0 Å². The maximum absolute atomic E-state index is 12.8. The van der Waals surface area contributed by atoms with E-state index in [1.165, 1.54) is 11.8 Å². The number of hydrogen-bond donors (Lipinski definition) is 1. The molecule has 0 saturated carbocycles. The van der Waals surface area contributed by atoms with E-state index >= 15 is 0 Å². The van der Waals surface area contributed by atoms with Crippen LogP contribution in [-0.2, 0) is 11.8 Å². The van der Waals surface area contributed by atoms with Crippen LogP contribution in [0.3, 0.4) is 0 Å². The molecule has 3 aromatic rings. The van der Waals surface area contributed by atoms with Gasteiger partial charge in [0.15, 0.2) is 0 Å². The third-order valence-electron chi connectivity index (χ3n) is 3.90. The van der Waals surface area contributed by atoms with Crippen LogP contribution in [0.2, 0.25) is 0 Å². The molecule has 0 spiro atoms. The Morgan fingerprint density at radius 1 is 1.11 bits per heavy atom. The summed E-state index contributed by atoms with van der Waals surface area (Å²) >= 11 is 1.33. The van der Waals surface area contributed by atoms with E-state index in [9.17, 15) is 4.79 Å². The number of carbonyl (C=O) groups excluding carboxylic acids is 1. The van der Waals surface area contributed by atoms with Crippen LogP contribution in [0.15, 0.2) is 59.8 Å². The molecule has 1 amide bonds. The predicted octanol–water partition coefficient (Wildman–Crippen LogP) is 3.49. The zero-order chi connectivity index (χ0) is 19.2. The molecule has 140 valence electrons. The maximum atomic E-state index is 12.8. The highest BCUT2D eigenvalue weighted by molar-refractivity contribution is 7.99. The van der Waals surface area contributed by atoms with Crippen LogP contribution in [-0.4, -0.2) is 37.9 Å². The van der Waals surface area contributed by atoms with E-state index in [1.54, 1.807) is 16.6 Å². The Balaban J connectivity index is 1.68. The number of rotatable bonds is 7. The van der Waals surface area contributed by atoms with Gasteiger partial charge in [-0.25, -0.2) is 4.68 Å². The van der Waals surface area contributed by atoms with Gasteiger partial charge in [0, 0.05) is 30.2 Å². The maximum Gasteiger partial charge on any atom is 0.237 e. The second kappa shape index (κ2) is 8.68. The van der Waals surface area contributed by atoms with E-state index in [0.717, 1.165) is 17.1 Å². The number of tetrazole rings is 1. The Labute approximate surface area is 162 Å². The van der Waals surface area contributed by atoms with Gasteiger partial charge in [-0.2, -0.15) is 0 Å². The van der Waals surface area contributed by atoms with Gasteiger partial charge in [0.05, 0.1) is 5.75 Å². The number of nitrogens with zero attached hydrogens (tertiary/aromatic N) is 5. The number of nitrogens with one attached hydrogen (secondary N) is 1. The van der Waals surface area contributed by atoms with E-state index in [1.807, 2.05) is 68.4 Å². The molecule has 7 nitrogen and oxygen atoms in total. The van der Waals surface area contributed by atoms with E-state index < -0.39 is 0 Å². The zero-order valence-corrected chi connectivity index (χ0v) is 16.3. The summed E-state index contributed by atoms with van der Waals surface area (Å²) in [5.41, 5.74) is 2.86. The number of amides is 1. The van der Waals surface area contributed by atoms with Gasteiger partial charge in [-0.3, -0.25) is 4.79 Å². The van der Waals surface area contributed by atoms with Crippen LogP contribution in [0.5, 0.6) is 0 Å². The van der Waals surface area contributed by atoms with Gasteiger partial charge < -0.3 is 10.2 Å². The van der Waals surface area contributed by atoms with Crippen LogP contribution < -0.4 is 10.2 Å². The van der Waals surface area contributed by atoms with E-state index in [0.29, 0.717) is 5.16 Å². The Hall–Kier alpha value is -2.87. The molecular formula is C19H22N6OS. The number of hydrogen-bond acceptors (Lipinski definition) is 6. The monoisotopic (exact) mass is 382 g/mol. The quantitative estimate of drug-likeness (QED) is 0.631. The average Bonchev–Trinajstić information content (AvgIpc) is 3.07. The number of benzene rings is 2. The summed E-state index contributed by atoms with van der Waals surface area (Å²) in [7, 11) is 1.76. The van der Waals surface area contributed by atoms with Crippen LogP contribution in [0.4, 0.5) is 17.1 Å². The summed E-state index contributed by atoms with van der Waals surface area (Å²) < 4.78 is 1.56. The van der Waals surface area contributed by atoms with E-state index in [-0.39, 0.29) is 17.7 Å². The third-order valence-corrected chi connectivity index (χ3v) is 4.89.